The van der Waals surface area contributed by atoms with E-state index >= 15 is 0 Å². The van der Waals surface area contributed by atoms with Gasteiger partial charge in [0.05, 0.1) is 12.7 Å². The number of benzene rings is 2. The highest BCUT2D eigenvalue weighted by molar-refractivity contribution is 6.30. The third-order valence-electron chi connectivity index (χ3n) is 4.98. The average molecular weight is 370 g/mol. The summed E-state index contributed by atoms with van der Waals surface area (Å²) in [6, 6.07) is 13.4. The lowest BCUT2D eigenvalue weighted by molar-refractivity contribution is 0.104. The first-order valence-corrected chi connectivity index (χ1v) is 9.29. The van der Waals surface area contributed by atoms with Crippen molar-refractivity contribution in [3.63, 3.8) is 0 Å². The van der Waals surface area contributed by atoms with Crippen LogP contribution in [0.4, 0.5) is 0 Å². The van der Waals surface area contributed by atoms with Crippen molar-refractivity contribution >= 4 is 23.5 Å². The SMILES string of the molecule is COc1ccc(C2CCN(C)CC2)cc1C(=O)/C=C/c1ccc(Cl)cc1. The van der Waals surface area contributed by atoms with E-state index in [4.69, 9.17) is 16.3 Å². The maximum atomic E-state index is 12.8. The molecule has 1 aliphatic heterocycles. The molecule has 2 aromatic rings. The molecule has 2 aromatic carbocycles. The Balaban J connectivity index is 1.81. The zero-order valence-corrected chi connectivity index (χ0v) is 16.0. The van der Waals surface area contributed by atoms with Crippen LogP contribution in [-0.4, -0.2) is 37.9 Å². The standard InChI is InChI=1S/C22H24ClNO2/c1-24-13-11-17(12-14-24)18-6-10-22(26-2)20(15-18)21(25)9-5-16-3-7-19(23)8-4-16/h3-10,15,17H,11-14H2,1-2H3/b9-5+. The molecule has 0 radical (unpaired) electrons. The number of hydrogen-bond donors (Lipinski definition) is 0. The molecule has 26 heavy (non-hydrogen) atoms. The lowest BCUT2D eigenvalue weighted by Crippen LogP contribution is -2.29. The summed E-state index contributed by atoms with van der Waals surface area (Å²) in [6.07, 6.45) is 5.65. The fourth-order valence-electron chi connectivity index (χ4n) is 3.35. The molecule has 0 aromatic heterocycles. The van der Waals surface area contributed by atoms with Gasteiger partial charge in [-0.15, -0.1) is 0 Å². The second-order valence-corrected chi connectivity index (χ2v) is 7.22. The molecular weight excluding hydrogens is 346 g/mol. The fourth-order valence-corrected chi connectivity index (χ4v) is 3.48. The number of hydrogen-bond acceptors (Lipinski definition) is 3. The molecule has 4 heteroatoms. The van der Waals surface area contributed by atoms with Crippen molar-refractivity contribution in [2.24, 2.45) is 0 Å². The molecule has 1 aliphatic rings. The molecule has 3 nitrogen and oxygen atoms in total. The highest BCUT2D eigenvalue weighted by Crippen LogP contribution is 2.31. The molecule has 0 saturated carbocycles. The maximum absolute atomic E-state index is 12.8. The smallest absolute Gasteiger partial charge is 0.189 e. The molecule has 136 valence electrons. The van der Waals surface area contributed by atoms with Crippen molar-refractivity contribution in [3.8, 4) is 5.75 Å². The van der Waals surface area contributed by atoms with Crippen LogP contribution >= 0.6 is 11.6 Å². The van der Waals surface area contributed by atoms with Crippen LogP contribution in [0.15, 0.2) is 48.5 Å². The quantitative estimate of drug-likeness (QED) is 0.545. The van der Waals surface area contributed by atoms with Crippen molar-refractivity contribution in [2.45, 2.75) is 18.8 Å². The van der Waals surface area contributed by atoms with Gasteiger partial charge in [0.25, 0.3) is 0 Å². The molecule has 3 rings (SSSR count). The molecule has 1 saturated heterocycles. The van der Waals surface area contributed by atoms with Crippen molar-refractivity contribution in [3.05, 3.63) is 70.3 Å². The fraction of sp³-hybridized carbons (Fsp3) is 0.318. The molecule has 0 spiro atoms. The van der Waals surface area contributed by atoms with Gasteiger partial charge in [-0.1, -0.05) is 35.9 Å². The van der Waals surface area contributed by atoms with Crippen molar-refractivity contribution < 1.29 is 9.53 Å². The zero-order valence-electron chi connectivity index (χ0n) is 15.2. The first-order valence-electron chi connectivity index (χ1n) is 8.91. The predicted octanol–water partition coefficient (Wildman–Crippen LogP) is 5.05. The molecule has 0 N–H and O–H groups in total. The number of carbonyl (C=O) groups is 1. The van der Waals surface area contributed by atoms with Gasteiger partial charge in [0.15, 0.2) is 5.78 Å². The summed E-state index contributed by atoms with van der Waals surface area (Å²) >= 11 is 5.90. The Morgan fingerprint density at radius 2 is 1.85 bits per heavy atom. The number of ketones is 1. The minimum Gasteiger partial charge on any atom is -0.496 e. The van der Waals surface area contributed by atoms with Crippen LogP contribution in [0.25, 0.3) is 6.08 Å². The Bertz CT molecular complexity index is 790. The lowest BCUT2D eigenvalue weighted by Gasteiger charge is -2.29. The first-order chi connectivity index (χ1) is 12.6. The van der Waals surface area contributed by atoms with E-state index in [2.05, 4.69) is 18.0 Å². The van der Waals surface area contributed by atoms with Crippen LogP contribution in [0.2, 0.25) is 5.02 Å². The van der Waals surface area contributed by atoms with E-state index in [1.165, 1.54) is 5.56 Å². The molecule has 0 bridgehead atoms. The van der Waals surface area contributed by atoms with Gasteiger partial charge in [-0.25, -0.2) is 0 Å². The normalized spacial score (nSPS) is 16.1. The highest BCUT2D eigenvalue weighted by atomic mass is 35.5. The van der Waals surface area contributed by atoms with Gasteiger partial charge >= 0.3 is 0 Å². The van der Waals surface area contributed by atoms with Crippen LogP contribution in [0.5, 0.6) is 5.75 Å². The van der Waals surface area contributed by atoms with Crippen molar-refractivity contribution in [1.82, 2.24) is 4.90 Å². The second kappa shape index (κ2) is 8.52. The Morgan fingerprint density at radius 3 is 2.50 bits per heavy atom. The predicted molar refractivity (Wildman–Crippen MR) is 107 cm³/mol. The van der Waals surface area contributed by atoms with E-state index < -0.39 is 0 Å². The van der Waals surface area contributed by atoms with Gasteiger partial charge in [-0.05, 0) is 80.4 Å². The summed E-state index contributed by atoms with van der Waals surface area (Å²) in [7, 11) is 3.75. The average Bonchev–Trinajstić information content (AvgIpc) is 2.67. The van der Waals surface area contributed by atoms with E-state index in [0.717, 1.165) is 31.5 Å². The molecule has 0 aliphatic carbocycles. The van der Waals surface area contributed by atoms with E-state index in [1.54, 1.807) is 19.3 Å². The number of ether oxygens (including phenoxy) is 1. The van der Waals surface area contributed by atoms with Gasteiger partial charge in [0.2, 0.25) is 0 Å². The van der Waals surface area contributed by atoms with Crippen LogP contribution in [0.1, 0.15) is 40.2 Å². The Kier molecular flexibility index (Phi) is 6.12. The van der Waals surface area contributed by atoms with Gasteiger partial charge in [0, 0.05) is 5.02 Å². The van der Waals surface area contributed by atoms with Crippen LogP contribution < -0.4 is 4.74 Å². The van der Waals surface area contributed by atoms with Gasteiger partial charge in [-0.3, -0.25) is 4.79 Å². The third kappa shape index (κ3) is 4.54. The molecule has 0 amide bonds. The number of rotatable bonds is 5. The molecule has 1 heterocycles. The van der Waals surface area contributed by atoms with Gasteiger partial charge in [-0.2, -0.15) is 0 Å². The minimum absolute atomic E-state index is 0.0495. The van der Waals surface area contributed by atoms with E-state index in [0.29, 0.717) is 22.3 Å². The van der Waals surface area contributed by atoms with E-state index in [1.807, 2.05) is 36.4 Å². The Hall–Kier alpha value is -2.10. The third-order valence-corrected chi connectivity index (χ3v) is 5.23. The van der Waals surface area contributed by atoms with Crippen molar-refractivity contribution in [2.75, 3.05) is 27.2 Å². The van der Waals surface area contributed by atoms with Crippen LogP contribution in [0.3, 0.4) is 0 Å². The number of nitrogens with zero attached hydrogens (tertiary/aromatic N) is 1. The summed E-state index contributed by atoms with van der Waals surface area (Å²) in [6.45, 7) is 2.19. The Morgan fingerprint density at radius 1 is 1.15 bits per heavy atom. The molecular formula is C22H24ClNO2. The summed E-state index contributed by atoms with van der Waals surface area (Å²) in [5.74, 6) is 1.07. The Labute approximate surface area is 160 Å². The van der Waals surface area contributed by atoms with E-state index in [9.17, 15) is 4.79 Å². The van der Waals surface area contributed by atoms with E-state index in [-0.39, 0.29) is 5.78 Å². The topological polar surface area (TPSA) is 29.5 Å². The number of halogens is 1. The number of methoxy groups -OCH3 is 1. The maximum Gasteiger partial charge on any atom is 0.189 e. The highest BCUT2D eigenvalue weighted by Gasteiger charge is 2.20. The van der Waals surface area contributed by atoms with Gasteiger partial charge in [0.1, 0.15) is 5.75 Å². The summed E-state index contributed by atoms with van der Waals surface area (Å²) in [4.78, 5) is 15.1. The second-order valence-electron chi connectivity index (χ2n) is 6.79. The molecule has 1 fully saturated rings. The van der Waals surface area contributed by atoms with Gasteiger partial charge < -0.3 is 9.64 Å². The monoisotopic (exact) mass is 369 g/mol. The van der Waals surface area contributed by atoms with Crippen LogP contribution in [0, 0.1) is 0 Å². The lowest BCUT2D eigenvalue weighted by atomic mass is 9.88. The number of likely N-dealkylation sites (tertiary alicyclic amines) is 1. The number of allylic oxidation sites excluding steroid dienone is 1. The first kappa shape index (κ1) is 18.7. The number of carbonyl (C=O) groups excluding carboxylic acids is 1. The van der Waals surface area contributed by atoms with Crippen LogP contribution in [-0.2, 0) is 0 Å². The largest absolute Gasteiger partial charge is 0.496 e. The minimum atomic E-state index is -0.0495. The molecule has 0 atom stereocenters. The summed E-state index contributed by atoms with van der Waals surface area (Å²) in [5.41, 5.74) is 2.78. The van der Waals surface area contributed by atoms with Crippen molar-refractivity contribution in [1.29, 1.82) is 0 Å². The summed E-state index contributed by atoms with van der Waals surface area (Å²) < 4.78 is 5.41. The molecule has 0 unspecified atom stereocenters. The number of piperidine rings is 1. The zero-order chi connectivity index (χ0) is 18.5. The summed E-state index contributed by atoms with van der Waals surface area (Å²) in [5, 5.41) is 0.681.